The van der Waals surface area contributed by atoms with E-state index >= 15 is 0 Å². The van der Waals surface area contributed by atoms with Crippen LogP contribution in [0, 0.1) is 0 Å². The van der Waals surface area contributed by atoms with Crippen molar-refractivity contribution in [3.05, 3.63) is 17.5 Å². The van der Waals surface area contributed by atoms with Crippen molar-refractivity contribution in [3.63, 3.8) is 0 Å². The van der Waals surface area contributed by atoms with Crippen LogP contribution in [0.5, 0.6) is 0 Å². The van der Waals surface area contributed by atoms with E-state index < -0.39 is 0 Å². The molecule has 1 aromatic rings. The number of nitrogens with one attached hydrogen (secondary N) is 1. The molecule has 1 saturated heterocycles. The number of piperazine rings is 1. The maximum atomic E-state index is 12.8. The van der Waals surface area contributed by atoms with Crippen molar-refractivity contribution in [3.8, 4) is 0 Å². The highest BCUT2D eigenvalue weighted by Gasteiger charge is 2.28. The van der Waals surface area contributed by atoms with Crippen LogP contribution in [0.1, 0.15) is 67.5 Å². The van der Waals surface area contributed by atoms with Crippen LogP contribution in [0.25, 0.3) is 0 Å². The maximum Gasteiger partial charge on any atom is 0.317 e. The lowest BCUT2D eigenvalue weighted by molar-refractivity contribution is 0.0656. The predicted octanol–water partition coefficient (Wildman–Crippen LogP) is 2.41. The van der Waals surface area contributed by atoms with Crippen LogP contribution >= 0.6 is 0 Å². The molecule has 7 nitrogen and oxygen atoms in total. The van der Waals surface area contributed by atoms with Crippen molar-refractivity contribution in [2.75, 3.05) is 26.2 Å². The first-order valence-electron chi connectivity index (χ1n) is 10.6. The number of carbonyl (C=O) groups is 2. The Labute approximate surface area is 161 Å². The molecule has 0 radical (unpaired) electrons. The van der Waals surface area contributed by atoms with Gasteiger partial charge in [0.2, 0.25) is 0 Å². The Morgan fingerprint density at radius 3 is 2.30 bits per heavy atom. The zero-order chi connectivity index (χ0) is 18.6. The van der Waals surface area contributed by atoms with Gasteiger partial charge in [0, 0.05) is 44.5 Å². The Morgan fingerprint density at radius 1 is 0.889 bits per heavy atom. The number of aromatic nitrogens is 2. The van der Waals surface area contributed by atoms with Crippen LogP contribution in [0.3, 0.4) is 0 Å². The largest absolute Gasteiger partial charge is 0.335 e. The second-order valence-corrected chi connectivity index (χ2v) is 8.12. The number of hydrogen-bond donors (Lipinski definition) is 1. The van der Waals surface area contributed by atoms with Gasteiger partial charge in [-0.2, -0.15) is 5.10 Å². The summed E-state index contributed by atoms with van der Waals surface area (Å²) in [5.74, 6) is 0.000672. The van der Waals surface area contributed by atoms with Crippen molar-refractivity contribution in [1.29, 1.82) is 0 Å². The summed E-state index contributed by atoms with van der Waals surface area (Å²) in [6, 6.07) is 2.30. The Hall–Kier alpha value is -2.05. The molecule has 1 aliphatic carbocycles. The number of urea groups is 1. The van der Waals surface area contributed by atoms with Gasteiger partial charge in [-0.25, -0.2) is 4.79 Å². The van der Waals surface area contributed by atoms with E-state index in [1.807, 2.05) is 20.5 Å². The number of aryl methyl sites for hydroxylation is 2. The molecule has 0 unspecified atom stereocenters. The SMILES string of the molecule is O=C(NC1CCCCCC1)N1CCN(C(=O)c2cc3n(n2)CCCC3)CC1. The lowest BCUT2D eigenvalue weighted by Gasteiger charge is -2.35. The smallest absolute Gasteiger partial charge is 0.317 e. The molecule has 7 heteroatoms. The molecule has 0 atom stereocenters. The van der Waals surface area contributed by atoms with E-state index in [0.717, 1.165) is 32.2 Å². The van der Waals surface area contributed by atoms with Crippen LogP contribution in [-0.2, 0) is 13.0 Å². The summed E-state index contributed by atoms with van der Waals surface area (Å²) in [6.45, 7) is 3.27. The summed E-state index contributed by atoms with van der Waals surface area (Å²) in [5, 5.41) is 7.70. The van der Waals surface area contributed by atoms with E-state index in [1.165, 1.54) is 37.8 Å². The Balaban J connectivity index is 1.28. The fraction of sp³-hybridized carbons (Fsp3) is 0.750. The first-order chi connectivity index (χ1) is 13.2. The van der Waals surface area contributed by atoms with Gasteiger partial charge in [0.1, 0.15) is 0 Å². The van der Waals surface area contributed by atoms with Crippen LogP contribution in [0.15, 0.2) is 6.07 Å². The van der Waals surface area contributed by atoms with Crippen molar-refractivity contribution in [1.82, 2.24) is 24.9 Å². The van der Waals surface area contributed by atoms with E-state index in [4.69, 9.17) is 0 Å². The minimum Gasteiger partial charge on any atom is -0.335 e. The van der Waals surface area contributed by atoms with E-state index in [9.17, 15) is 9.59 Å². The molecule has 148 valence electrons. The van der Waals surface area contributed by atoms with Crippen molar-refractivity contribution in [2.45, 2.75) is 70.4 Å². The highest BCUT2D eigenvalue weighted by Crippen LogP contribution is 2.19. The van der Waals surface area contributed by atoms with Crippen LogP contribution in [0.2, 0.25) is 0 Å². The summed E-state index contributed by atoms with van der Waals surface area (Å²) in [5.41, 5.74) is 1.73. The molecule has 3 amide bonds. The molecule has 0 spiro atoms. The molecule has 2 fully saturated rings. The van der Waals surface area contributed by atoms with Gasteiger partial charge in [0.15, 0.2) is 5.69 Å². The van der Waals surface area contributed by atoms with E-state index in [2.05, 4.69) is 10.4 Å². The fourth-order valence-electron chi connectivity index (χ4n) is 4.49. The average molecular weight is 374 g/mol. The molecule has 1 saturated carbocycles. The first kappa shape index (κ1) is 18.3. The lowest BCUT2D eigenvalue weighted by Crippen LogP contribution is -2.54. The number of nitrogens with zero attached hydrogens (tertiary/aromatic N) is 4. The van der Waals surface area contributed by atoms with Crippen molar-refractivity contribution < 1.29 is 9.59 Å². The third kappa shape index (κ3) is 4.28. The third-order valence-electron chi connectivity index (χ3n) is 6.17. The number of rotatable bonds is 2. The number of amides is 3. The quantitative estimate of drug-likeness (QED) is 0.810. The molecule has 2 aliphatic heterocycles. The van der Waals surface area contributed by atoms with Crippen LogP contribution < -0.4 is 5.32 Å². The lowest BCUT2D eigenvalue weighted by atomic mass is 10.1. The molecular weight excluding hydrogens is 342 g/mol. The Kier molecular flexibility index (Phi) is 5.64. The second-order valence-electron chi connectivity index (χ2n) is 8.12. The molecule has 4 rings (SSSR count). The first-order valence-corrected chi connectivity index (χ1v) is 10.6. The van der Waals surface area contributed by atoms with Gasteiger partial charge in [0.05, 0.1) is 0 Å². The molecule has 1 aromatic heterocycles. The van der Waals surface area contributed by atoms with Gasteiger partial charge in [0.25, 0.3) is 5.91 Å². The fourth-order valence-corrected chi connectivity index (χ4v) is 4.49. The Morgan fingerprint density at radius 2 is 1.59 bits per heavy atom. The number of carbonyl (C=O) groups excluding carboxylic acids is 2. The Bertz CT molecular complexity index is 646. The van der Waals surface area contributed by atoms with Gasteiger partial charge in [-0.15, -0.1) is 0 Å². The summed E-state index contributed by atoms with van der Waals surface area (Å²) in [6.07, 6.45) is 10.5. The summed E-state index contributed by atoms with van der Waals surface area (Å²) < 4.78 is 1.98. The predicted molar refractivity (Wildman–Crippen MR) is 103 cm³/mol. The minimum absolute atomic E-state index is 0.000672. The highest BCUT2D eigenvalue weighted by atomic mass is 16.2. The normalized spacial score (nSPS) is 21.5. The van der Waals surface area contributed by atoms with E-state index in [1.54, 1.807) is 0 Å². The maximum absolute atomic E-state index is 12.8. The molecule has 3 aliphatic rings. The van der Waals surface area contributed by atoms with Gasteiger partial charge in [-0.05, 0) is 38.2 Å². The standard InChI is InChI=1S/C20H31N5O2/c26-19(18-15-17-9-5-6-10-25(17)22-18)23-11-13-24(14-12-23)20(27)21-16-7-3-1-2-4-8-16/h15-16H,1-14H2,(H,21,27). The minimum atomic E-state index is 0.000672. The molecular formula is C20H31N5O2. The number of hydrogen-bond acceptors (Lipinski definition) is 3. The van der Waals surface area contributed by atoms with Crippen LogP contribution in [-0.4, -0.2) is 63.7 Å². The van der Waals surface area contributed by atoms with Crippen LogP contribution in [0.4, 0.5) is 4.79 Å². The number of fused-ring (bicyclic) bond motifs is 1. The van der Waals surface area contributed by atoms with Gasteiger partial charge < -0.3 is 15.1 Å². The van der Waals surface area contributed by atoms with Gasteiger partial charge in [-0.3, -0.25) is 9.48 Å². The van der Waals surface area contributed by atoms with Crippen molar-refractivity contribution in [2.24, 2.45) is 0 Å². The molecule has 27 heavy (non-hydrogen) atoms. The summed E-state index contributed by atoms with van der Waals surface area (Å²) >= 11 is 0. The second kappa shape index (κ2) is 8.31. The zero-order valence-corrected chi connectivity index (χ0v) is 16.2. The third-order valence-corrected chi connectivity index (χ3v) is 6.17. The molecule has 3 heterocycles. The summed E-state index contributed by atoms with van der Waals surface area (Å²) in [7, 11) is 0. The zero-order valence-electron chi connectivity index (χ0n) is 16.2. The molecule has 0 aromatic carbocycles. The van der Waals surface area contributed by atoms with Gasteiger partial charge >= 0.3 is 6.03 Å². The average Bonchev–Trinajstić information content (AvgIpc) is 2.97. The van der Waals surface area contributed by atoms with E-state index in [0.29, 0.717) is 37.9 Å². The highest BCUT2D eigenvalue weighted by molar-refractivity contribution is 5.92. The van der Waals surface area contributed by atoms with E-state index in [-0.39, 0.29) is 11.9 Å². The monoisotopic (exact) mass is 373 g/mol. The summed E-state index contributed by atoms with van der Waals surface area (Å²) in [4.78, 5) is 29.0. The topological polar surface area (TPSA) is 70.5 Å². The van der Waals surface area contributed by atoms with Crippen molar-refractivity contribution >= 4 is 11.9 Å². The molecule has 0 bridgehead atoms. The molecule has 1 N–H and O–H groups in total. The van der Waals surface area contributed by atoms with Gasteiger partial charge in [-0.1, -0.05) is 25.7 Å².